The van der Waals surface area contributed by atoms with Gasteiger partial charge in [-0.05, 0) is 12.8 Å². The normalized spacial score (nSPS) is 18.1. The summed E-state index contributed by atoms with van der Waals surface area (Å²) < 4.78 is 0. The number of piperidine rings is 1. The van der Waals surface area contributed by atoms with Gasteiger partial charge in [0, 0.05) is 36.6 Å². The molecule has 0 aliphatic carbocycles. The van der Waals surface area contributed by atoms with Crippen LogP contribution in [-0.4, -0.2) is 46.7 Å². The Balaban J connectivity index is 1.89. The van der Waals surface area contributed by atoms with Gasteiger partial charge in [0.25, 0.3) is 0 Å². The van der Waals surface area contributed by atoms with E-state index in [-0.39, 0.29) is 17.9 Å². The molecular formula is C14H20N4O3S. The van der Waals surface area contributed by atoms with Crippen molar-refractivity contribution in [3.8, 4) is 0 Å². The van der Waals surface area contributed by atoms with Gasteiger partial charge in [-0.1, -0.05) is 13.8 Å². The van der Waals surface area contributed by atoms with E-state index in [9.17, 15) is 14.4 Å². The number of carbonyl (C=O) groups is 3. The third-order valence-corrected chi connectivity index (χ3v) is 4.11. The molecule has 0 saturated carbocycles. The summed E-state index contributed by atoms with van der Waals surface area (Å²) in [6, 6.07) is -0.0970. The summed E-state index contributed by atoms with van der Waals surface area (Å²) in [5.74, 6) is -1.41. The molecule has 1 aromatic rings. The van der Waals surface area contributed by atoms with E-state index in [1.165, 1.54) is 16.2 Å². The molecule has 2 heterocycles. The summed E-state index contributed by atoms with van der Waals surface area (Å²) in [5.41, 5.74) is 0. The van der Waals surface area contributed by atoms with Gasteiger partial charge in [0.1, 0.15) is 0 Å². The molecule has 22 heavy (non-hydrogen) atoms. The second-order valence-electron chi connectivity index (χ2n) is 5.54. The number of anilines is 1. The van der Waals surface area contributed by atoms with E-state index < -0.39 is 11.8 Å². The molecule has 1 fully saturated rings. The van der Waals surface area contributed by atoms with Crippen LogP contribution >= 0.6 is 11.3 Å². The predicted octanol–water partition coefficient (Wildman–Crippen LogP) is 0.845. The second kappa shape index (κ2) is 7.35. The van der Waals surface area contributed by atoms with Gasteiger partial charge >= 0.3 is 11.8 Å². The number of rotatable bonds is 3. The van der Waals surface area contributed by atoms with Gasteiger partial charge in [-0.15, -0.1) is 11.3 Å². The lowest BCUT2D eigenvalue weighted by atomic mass is 10.0. The van der Waals surface area contributed by atoms with Crippen LogP contribution in [0.25, 0.3) is 0 Å². The Morgan fingerprint density at radius 2 is 2.18 bits per heavy atom. The van der Waals surface area contributed by atoms with Crippen LogP contribution in [0, 0.1) is 5.92 Å². The summed E-state index contributed by atoms with van der Waals surface area (Å²) in [5, 5.41) is 7.52. The van der Waals surface area contributed by atoms with Crippen LogP contribution in [0.15, 0.2) is 11.6 Å². The second-order valence-corrected chi connectivity index (χ2v) is 6.44. The van der Waals surface area contributed by atoms with Crippen molar-refractivity contribution in [3.05, 3.63) is 11.6 Å². The topological polar surface area (TPSA) is 91.4 Å². The number of amides is 3. The smallest absolute Gasteiger partial charge is 0.315 e. The molecule has 0 spiro atoms. The molecule has 1 aliphatic rings. The molecule has 1 saturated heterocycles. The van der Waals surface area contributed by atoms with Crippen molar-refractivity contribution in [2.24, 2.45) is 5.92 Å². The molecular weight excluding hydrogens is 304 g/mol. The van der Waals surface area contributed by atoms with Gasteiger partial charge < -0.3 is 10.2 Å². The molecule has 0 bridgehead atoms. The first-order valence-electron chi connectivity index (χ1n) is 7.27. The third-order valence-electron chi connectivity index (χ3n) is 3.43. The maximum Gasteiger partial charge on any atom is 0.315 e. The van der Waals surface area contributed by atoms with Gasteiger partial charge in [-0.2, -0.15) is 0 Å². The highest BCUT2D eigenvalue weighted by atomic mass is 32.1. The number of hydrogen-bond donors (Lipinski definition) is 2. The fourth-order valence-corrected chi connectivity index (χ4v) is 2.75. The van der Waals surface area contributed by atoms with Gasteiger partial charge in [-0.25, -0.2) is 4.98 Å². The quantitative estimate of drug-likeness (QED) is 0.806. The Morgan fingerprint density at radius 1 is 1.41 bits per heavy atom. The first-order chi connectivity index (χ1) is 10.5. The van der Waals surface area contributed by atoms with E-state index >= 15 is 0 Å². The Kier molecular flexibility index (Phi) is 5.48. The lowest BCUT2D eigenvalue weighted by molar-refractivity contribution is -0.144. The number of nitrogens with zero attached hydrogens (tertiary/aromatic N) is 2. The third kappa shape index (κ3) is 4.27. The zero-order chi connectivity index (χ0) is 16.1. The largest absolute Gasteiger partial charge is 0.351 e. The van der Waals surface area contributed by atoms with Crippen molar-refractivity contribution >= 4 is 34.2 Å². The molecule has 1 aromatic heterocycles. The molecule has 1 aliphatic heterocycles. The lowest BCUT2D eigenvalue weighted by Crippen LogP contribution is -2.52. The fourth-order valence-electron chi connectivity index (χ4n) is 2.23. The van der Waals surface area contributed by atoms with Crippen LogP contribution < -0.4 is 10.6 Å². The standard InChI is InChI=1S/C14H20N4O3S/c1-9(2)11(19)16-10-4-3-6-18(8-10)13(21)12(20)17-14-15-5-7-22-14/h5,7,9-10H,3-4,6,8H2,1-2H3,(H,16,19)(H,15,17,20)/t10-/m1/s1. The monoisotopic (exact) mass is 324 g/mol. The zero-order valence-electron chi connectivity index (χ0n) is 12.7. The van der Waals surface area contributed by atoms with Crippen molar-refractivity contribution in [1.82, 2.24) is 15.2 Å². The molecule has 7 nitrogen and oxygen atoms in total. The van der Waals surface area contributed by atoms with Gasteiger partial charge in [-0.3, -0.25) is 19.7 Å². The molecule has 2 rings (SSSR count). The summed E-state index contributed by atoms with van der Waals surface area (Å²) >= 11 is 1.26. The SMILES string of the molecule is CC(C)C(=O)N[C@@H]1CCCN(C(=O)C(=O)Nc2nccs2)C1. The highest BCUT2D eigenvalue weighted by Gasteiger charge is 2.29. The molecule has 2 N–H and O–H groups in total. The number of thiazole rings is 1. The number of hydrogen-bond acceptors (Lipinski definition) is 5. The van der Waals surface area contributed by atoms with Crippen molar-refractivity contribution in [2.45, 2.75) is 32.7 Å². The highest BCUT2D eigenvalue weighted by molar-refractivity contribution is 7.13. The van der Waals surface area contributed by atoms with Crippen molar-refractivity contribution in [1.29, 1.82) is 0 Å². The van der Waals surface area contributed by atoms with Crippen LogP contribution in [0.3, 0.4) is 0 Å². The maximum atomic E-state index is 12.2. The summed E-state index contributed by atoms with van der Waals surface area (Å²) in [4.78, 5) is 41.2. The zero-order valence-corrected chi connectivity index (χ0v) is 13.5. The average molecular weight is 324 g/mol. The van der Waals surface area contributed by atoms with Crippen LogP contribution in [0.4, 0.5) is 5.13 Å². The Labute approximate surface area is 133 Å². The van der Waals surface area contributed by atoms with Gasteiger partial charge in [0.05, 0.1) is 0 Å². The Morgan fingerprint density at radius 3 is 2.82 bits per heavy atom. The van der Waals surface area contributed by atoms with Gasteiger partial charge in [0.2, 0.25) is 5.91 Å². The minimum atomic E-state index is -0.689. The molecule has 1 atom stereocenters. The van der Waals surface area contributed by atoms with E-state index in [0.29, 0.717) is 18.2 Å². The minimum Gasteiger partial charge on any atom is -0.351 e. The van der Waals surface area contributed by atoms with Crippen LogP contribution in [0.5, 0.6) is 0 Å². The van der Waals surface area contributed by atoms with Gasteiger partial charge in [0.15, 0.2) is 5.13 Å². The van der Waals surface area contributed by atoms with E-state index in [1.54, 1.807) is 11.6 Å². The van der Waals surface area contributed by atoms with Crippen molar-refractivity contribution in [2.75, 3.05) is 18.4 Å². The predicted molar refractivity (Wildman–Crippen MR) is 83.3 cm³/mol. The lowest BCUT2D eigenvalue weighted by Gasteiger charge is -2.33. The minimum absolute atomic E-state index is 0.0356. The Bertz CT molecular complexity index is 544. The molecule has 0 aromatic carbocycles. The van der Waals surface area contributed by atoms with E-state index in [0.717, 1.165) is 12.8 Å². The fraction of sp³-hybridized carbons (Fsp3) is 0.571. The summed E-state index contributed by atoms with van der Waals surface area (Å²) in [7, 11) is 0. The van der Waals surface area contributed by atoms with Crippen LogP contribution in [0.2, 0.25) is 0 Å². The van der Waals surface area contributed by atoms with Crippen molar-refractivity contribution in [3.63, 3.8) is 0 Å². The Hall–Kier alpha value is -1.96. The molecule has 0 radical (unpaired) electrons. The molecule has 3 amide bonds. The van der Waals surface area contributed by atoms with Crippen LogP contribution in [0.1, 0.15) is 26.7 Å². The average Bonchev–Trinajstić information content (AvgIpc) is 2.99. The van der Waals surface area contributed by atoms with Crippen LogP contribution in [-0.2, 0) is 14.4 Å². The van der Waals surface area contributed by atoms with Crippen molar-refractivity contribution < 1.29 is 14.4 Å². The molecule has 120 valence electrons. The number of aromatic nitrogens is 1. The highest BCUT2D eigenvalue weighted by Crippen LogP contribution is 2.13. The number of carbonyl (C=O) groups excluding carboxylic acids is 3. The number of likely N-dealkylation sites (tertiary alicyclic amines) is 1. The number of nitrogens with one attached hydrogen (secondary N) is 2. The van der Waals surface area contributed by atoms with E-state index in [1.807, 2.05) is 13.8 Å². The summed E-state index contributed by atoms with van der Waals surface area (Å²) in [6.07, 6.45) is 3.14. The summed E-state index contributed by atoms with van der Waals surface area (Å²) in [6.45, 7) is 4.53. The molecule has 0 unspecified atom stereocenters. The van der Waals surface area contributed by atoms with E-state index in [4.69, 9.17) is 0 Å². The molecule has 8 heteroatoms. The first kappa shape index (κ1) is 16.4. The maximum absolute atomic E-state index is 12.2. The van der Waals surface area contributed by atoms with E-state index in [2.05, 4.69) is 15.6 Å². The first-order valence-corrected chi connectivity index (χ1v) is 8.15.